The van der Waals surface area contributed by atoms with Gasteiger partial charge in [-0.15, -0.1) is 11.3 Å². The molecule has 5 heteroatoms. The van der Waals surface area contributed by atoms with Gasteiger partial charge in [0.2, 0.25) is 0 Å². The van der Waals surface area contributed by atoms with E-state index in [2.05, 4.69) is 42.9 Å². The van der Waals surface area contributed by atoms with E-state index in [0.717, 1.165) is 35.4 Å². The van der Waals surface area contributed by atoms with E-state index < -0.39 is 0 Å². The molecule has 0 aliphatic carbocycles. The number of benzene rings is 2. The van der Waals surface area contributed by atoms with Crippen LogP contribution >= 0.6 is 43.2 Å². The zero-order valence-corrected chi connectivity index (χ0v) is 13.1. The Bertz CT molecular complexity index is 737. The average molecular weight is 384 g/mol. The van der Waals surface area contributed by atoms with Crippen LogP contribution in [0.4, 0.5) is 5.69 Å². The van der Waals surface area contributed by atoms with E-state index in [1.165, 1.54) is 0 Å². The fourth-order valence-electron chi connectivity index (χ4n) is 1.74. The summed E-state index contributed by atoms with van der Waals surface area (Å²) in [5.41, 5.74) is 8.78. The molecule has 2 N–H and O–H groups in total. The molecule has 0 aliphatic rings. The molecule has 2 aromatic carbocycles. The number of anilines is 1. The number of hydrogen-bond acceptors (Lipinski definition) is 3. The Labute approximate surface area is 125 Å². The van der Waals surface area contributed by atoms with Crippen LogP contribution in [0.5, 0.6) is 0 Å². The zero-order chi connectivity index (χ0) is 12.7. The fourth-order valence-corrected chi connectivity index (χ4v) is 3.66. The first-order chi connectivity index (χ1) is 8.65. The number of thiazole rings is 1. The third-order valence-corrected chi connectivity index (χ3v) is 4.87. The van der Waals surface area contributed by atoms with Crippen LogP contribution in [0.3, 0.4) is 0 Å². The van der Waals surface area contributed by atoms with E-state index >= 15 is 0 Å². The minimum absolute atomic E-state index is 0.732. The van der Waals surface area contributed by atoms with Crippen LogP contribution in [0.1, 0.15) is 0 Å². The van der Waals surface area contributed by atoms with Gasteiger partial charge in [-0.2, -0.15) is 0 Å². The van der Waals surface area contributed by atoms with Gasteiger partial charge in [0.05, 0.1) is 15.9 Å². The summed E-state index contributed by atoms with van der Waals surface area (Å²) in [5, 5.41) is 0.946. The molecular weight excluding hydrogens is 376 g/mol. The number of para-hydroxylation sites is 1. The predicted molar refractivity (Wildman–Crippen MR) is 84.9 cm³/mol. The topological polar surface area (TPSA) is 38.9 Å². The number of aromatic nitrogens is 1. The minimum Gasteiger partial charge on any atom is -0.397 e. The van der Waals surface area contributed by atoms with Gasteiger partial charge in [0.15, 0.2) is 0 Å². The second-order valence-electron chi connectivity index (χ2n) is 3.83. The highest BCUT2D eigenvalue weighted by molar-refractivity contribution is 9.10. The van der Waals surface area contributed by atoms with Crippen LogP contribution < -0.4 is 5.73 Å². The molecule has 0 spiro atoms. The third kappa shape index (κ3) is 2.06. The minimum atomic E-state index is 0.732. The molecule has 0 radical (unpaired) electrons. The summed E-state index contributed by atoms with van der Waals surface area (Å²) in [6, 6.07) is 12.0. The molecule has 2 nitrogen and oxygen atoms in total. The molecule has 3 aromatic rings. The van der Waals surface area contributed by atoms with Crippen molar-refractivity contribution in [2.75, 3.05) is 5.73 Å². The molecule has 0 bridgehead atoms. The van der Waals surface area contributed by atoms with Crippen LogP contribution in [0.2, 0.25) is 0 Å². The number of nitrogens with two attached hydrogens (primary N) is 1. The van der Waals surface area contributed by atoms with Gasteiger partial charge < -0.3 is 5.73 Å². The van der Waals surface area contributed by atoms with Gasteiger partial charge in [0, 0.05) is 14.5 Å². The maximum Gasteiger partial charge on any atom is 0.126 e. The van der Waals surface area contributed by atoms with Crippen molar-refractivity contribution in [2.24, 2.45) is 0 Å². The Morgan fingerprint density at radius 3 is 2.78 bits per heavy atom. The Morgan fingerprint density at radius 2 is 1.94 bits per heavy atom. The molecule has 0 aliphatic heterocycles. The Balaban J connectivity index is 2.22. The first kappa shape index (κ1) is 12.1. The fraction of sp³-hybridized carbons (Fsp3) is 0. The Kier molecular flexibility index (Phi) is 3.13. The Hall–Kier alpha value is -0.910. The molecule has 0 atom stereocenters. The van der Waals surface area contributed by atoms with Crippen molar-refractivity contribution in [3.05, 3.63) is 45.3 Å². The van der Waals surface area contributed by atoms with E-state index in [0.29, 0.717) is 0 Å². The second-order valence-corrected chi connectivity index (χ2v) is 6.63. The molecule has 0 unspecified atom stereocenters. The van der Waals surface area contributed by atoms with Gasteiger partial charge in [-0.05, 0) is 46.3 Å². The lowest BCUT2D eigenvalue weighted by molar-refractivity contribution is 1.47. The first-order valence-electron chi connectivity index (χ1n) is 5.25. The second kappa shape index (κ2) is 4.64. The van der Waals surface area contributed by atoms with E-state index in [4.69, 9.17) is 5.73 Å². The number of nitrogen functional groups attached to an aromatic ring is 1. The van der Waals surface area contributed by atoms with Crippen molar-refractivity contribution in [1.82, 2.24) is 4.98 Å². The summed E-state index contributed by atoms with van der Waals surface area (Å²) in [6.07, 6.45) is 0. The lowest BCUT2D eigenvalue weighted by Crippen LogP contribution is -1.90. The highest BCUT2D eigenvalue weighted by atomic mass is 79.9. The number of hydrogen-bond donors (Lipinski definition) is 1. The van der Waals surface area contributed by atoms with Crippen LogP contribution in [-0.2, 0) is 0 Å². The van der Waals surface area contributed by atoms with E-state index in [1.807, 2.05) is 30.3 Å². The van der Waals surface area contributed by atoms with E-state index in [-0.39, 0.29) is 0 Å². The van der Waals surface area contributed by atoms with Gasteiger partial charge in [-0.1, -0.05) is 22.0 Å². The van der Waals surface area contributed by atoms with E-state index in [1.54, 1.807) is 11.3 Å². The van der Waals surface area contributed by atoms with E-state index in [9.17, 15) is 0 Å². The van der Waals surface area contributed by atoms with Crippen LogP contribution in [0, 0.1) is 0 Å². The summed E-state index contributed by atoms with van der Waals surface area (Å²) in [6.45, 7) is 0. The van der Waals surface area contributed by atoms with Gasteiger partial charge in [0.25, 0.3) is 0 Å². The van der Waals surface area contributed by atoms with Crippen LogP contribution in [0.25, 0.3) is 20.8 Å². The molecule has 0 saturated carbocycles. The normalized spacial score (nSPS) is 11.0. The van der Waals surface area contributed by atoms with Gasteiger partial charge >= 0.3 is 0 Å². The molecular formula is C13H8Br2N2S. The number of rotatable bonds is 1. The SMILES string of the molecule is Nc1c(Br)cccc1-c1nc2ccc(Br)cc2s1. The van der Waals surface area contributed by atoms with Gasteiger partial charge in [-0.25, -0.2) is 4.98 Å². The van der Waals surface area contributed by atoms with Crippen molar-refractivity contribution < 1.29 is 0 Å². The number of halogens is 2. The lowest BCUT2D eigenvalue weighted by atomic mass is 10.2. The quantitative estimate of drug-likeness (QED) is 0.595. The molecule has 18 heavy (non-hydrogen) atoms. The van der Waals surface area contributed by atoms with Crippen molar-refractivity contribution in [3.63, 3.8) is 0 Å². The van der Waals surface area contributed by atoms with Crippen molar-refractivity contribution >= 4 is 59.1 Å². The molecule has 0 fully saturated rings. The third-order valence-electron chi connectivity index (χ3n) is 2.63. The standard InChI is InChI=1S/C13H8Br2N2S/c14-7-4-5-10-11(6-7)18-13(17-10)8-2-1-3-9(15)12(8)16/h1-6H,16H2. The largest absolute Gasteiger partial charge is 0.397 e. The lowest BCUT2D eigenvalue weighted by Gasteiger charge is -2.03. The zero-order valence-electron chi connectivity index (χ0n) is 9.15. The molecule has 1 heterocycles. The van der Waals surface area contributed by atoms with Crippen molar-refractivity contribution in [2.45, 2.75) is 0 Å². The van der Waals surface area contributed by atoms with Crippen molar-refractivity contribution in [1.29, 1.82) is 0 Å². The molecule has 1 aromatic heterocycles. The summed E-state index contributed by atoms with van der Waals surface area (Å²) in [7, 11) is 0. The predicted octanol–water partition coefficient (Wildman–Crippen LogP) is 5.07. The highest BCUT2D eigenvalue weighted by Gasteiger charge is 2.10. The average Bonchev–Trinajstić information content (AvgIpc) is 2.75. The number of fused-ring (bicyclic) bond motifs is 1. The maximum atomic E-state index is 6.08. The molecule has 0 amide bonds. The number of nitrogens with zero attached hydrogens (tertiary/aromatic N) is 1. The monoisotopic (exact) mass is 382 g/mol. The molecule has 3 rings (SSSR count). The summed E-state index contributed by atoms with van der Waals surface area (Å²) < 4.78 is 3.12. The van der Waals surface area contributed by atoms with Crippen LogP contribution in [0.15, 0.2) is 45.3 Å². The summed E-state index contributed by atoms with van der Waals surface area (Å²) in [5.74, 6) is 0. The highest BCUT2D eigenvalue weighted by Crippen LogP contribution is 2.36. The first-order valence-corrected chi connectivity index (χ1v) is 7.66. The Morgan fingerprint density at radius 1 is 1.11 bits per heavy atom. The summed E-state index contributed by atoms with van der Waals surface area (Å²) >= 11 is 8.56. The molecule has 0 saturated heterocycles. The maximum absolute atomic E-state index is 6.08. The summed E-state index contributed by atoms with van der Waals surface area (Å²) in [4.78, 5) is 4.62. The van der Waals surface area contributed by atoms with Gasteiger partial charge in [0.1, 0.15) is 5.01 Å². The van der Waals surface area contributed by atoms with Gasteiger partial charge in [-0.3, -0.25) is 0 Å². The smallest absolute Gasteiger partial charge is 0.126 e. The van der Waals surface area contributed by atoms with Crippen LogP contribution in [-0.4, -0.2) is 4.98 Å². The van der Waals surface area contributed by atoms with Crippen molar-refractivity contribution in [3.8, 4) is 10.6 Å². The molecule has 90 valence electrons.